The predicted octanol–water partition coefficient (Wildman–Crippen LogP) is 2.75. The summed E-state index contributed by atoms with van der Waals surface area (Å²) in [7, 11) is 1.64. The molecule has 6 heteroatoms. The molecule has 0 radical (unpaired) electrons. The average Bonchev–Trinajstić information content (AvgIpc) is 2.67. The van der Waals surface area contributed by atoms with Crippen LogP contribution in [-0.2, 0) is 13.1 Å². The zero-order valence-electron chi connectivity index (χ0n) is 14.9. The number of carbonyl (C=O) groups excluding carboxylic acids is 1. The number of ether oxygens (including phenoxy) is 1. The second-order valence-electron chi connectivity index (χ2n) is 6.01. The molecule has 134 valence electrons. The van der Waals surface area contributed by atoms with Crippen molar-refractivity contribution in [2.75, 3.05) is 7.11 Å². The van der Waals surface area contributed by atoms with Gasteiger partial charge in [0.05, 0.1) is 7.11 Å². The topological polar surface area (TPSA) is 73.2 Å². The Balaban J connectivity index is 1.72. The number of aromatic nitrogens is 2. The lowest BCUT2D eigenvalue weighted by atomic mass is 10.1. The number of rotatable bonds is 6. The van der Waals surface area contributed by atoms with E-state index >= 15 is 0 Å². The van der Waals surface area contributed by atoms with E-state index in [2.05, 4.69) is 10.4 Å². The summed E-state index contributed by atoms with van der Waals surface area (Å²) in [4.78, 5) is 24.0. The fraction of sp³-hybridized carbons (Fsp3) is 0.250. The highest BCUT2D eigenvalue weighted by Crippen LogP contribution is 2.21. The van der Waals surface area contributed by atoms with Gasteiger partial charge in [-0.3, -0.25) is 9.59 Å². The van der Waals surface area contributed by atoms with Crippen LogP contribution in [0.25, 0.3) is 10.8 Å². The van der Waals surface area contributed by atoms with Gasteiger partial charge in [0.1, 0.15) is 11.4 Å². The van der Waals surface area contributed by atoms with E-state index < -0.39 is 0 Å². The number of hydrogen-bond acceptors (Lipinski definition) is 4. The van der Waals surface area contributed by atoms with Crippen LogP contribution in [-0.4, -0.2) is 22.8 Å². The van der Waals surface area contributed by atoms with Crippen molar-refractivity contribution in [2.24, 2.45) is 0 Å². The number of amides is 1. The molecule has 0 saturated heterocycles. The van der Waals surface area contributed by atoms with Crippen molar-refractivity contribution in [3.63, 3.8) is 0 Å². The van der Waals surface area contributed by atoms with E-state index in [0.29, 0.717) is 13.1 Å². The van der Waals surface area contributed by atoms with Crippen LogP contribution < -0.4 is 15.6 Å². The van der Waals surface area contributed by atoms with E-state index in [4.69, 9.17) is 4.74 Å². The fourth-order valence-electron chi connectivity index (χ4n) is 2.73. The largest absolute Gasteiger partial charge is 0.497 e. The maximum absolute atomic E-state index is 12.3. The molecule has 0 aliphatic heterocycles. The number of benzene rings is 2. The molecule has 6 nitrogen and oxygen atoms in total. The molecule has 0 atom stereocenters. The molecule has 2 aromatic carbocycles. The van der Waals surface area contributed by atoms with Gasteiger partial charge in [-0.25, -0.2) is 4.68 Å². The quantitative estimate of drug-likeness (QED) is 0.741. The molecule has 3 rings (SSSR count). The minimum Gasteiger partial charge on any atom is -0.497 e. The number of hydrogen-bond donors (Lipinski definition) is 1. The normalized spacial score (nSPS) is 10.7. The zero-order chi connectivity index (χ0) is 18.5. The summed E-state index contributed by atoms with van der Waals surface area (Å²) in [6, 6.07) is 14.7. The van der Waals surface area contributed by atoms with Gasteiger partial charge in [-0.1, -0.05) is 25.1 Å². The summed E-state index contributed by atoms with van der Waals surface area (Å²) in [6.45, 7) is 2.83. The first-order valence-electron chi connectivity index (χ1n) is 8.54. The van der Waals surface area contributed by atoms with E-state index in [1.54, 1.807) is 7.11 Å². The second kappa shape index (κ2) is 7.82. The highest BCUT2D eigenvalue weighted by molar-refractivity contribution is 5.92. The first-order chi connectivity index (χ1) is 12.6. The molecule has 0 aliphatic rings. The van der Waals surface area contributed by atoms with Crippen LogP contribution in [0.15, 0.2) is 53.3 Å². The third-order valence-electron chi connectivity index (χ3n) is 4.10. The minimum atomic E-state index is -0.301. The summed E-state index contributed by atoms with van der Waals surface area (Å²) >= 11 is 0. The van der Waals surface area contributed by atoms with Crippen molar-refractivity contribution in [3.8, 4) is 5.75 Å². The van der Waals surface area contributed by atoms with Crippen LogP contribution in [0.4, 0.5) is 0 Å². The van der Waals surface area contributed by atoms with Gasteiger partial charge in [0, 0.05) is 19.2 Å². The molecule has 0 unspecified atom stereocenters. The molecule has 0 aliphatic carbocycles. The summed E-state index contributed by atoms with van der Waals surface area (Å²) in [6.07, 6.45) is 0.778. The zero-order valence-corrected chi connectivity index (χ0v) is 14.9. The van der Waals surface area contributed by atoms with Gasteiger partial charge in [0.25, 0.3) is 11.5 Å². The fourth-order valence-corrected chi connectivity index (χ4v) is 2.73. The Morgan fingerprint density at radius 1 is 1.12 bits per heavy atom. The lowest BCUT2D eigenvalue weighted by Crippen LogP contribution is -2.29. The van der Waals surface area contributed by atoms with E-state index in [-0.39, 0.29) is 17.2 Å². The maximum Gasteiger partial charge on any atom is 0.271 e. The number of nitrogens with zero attached hydrogens (tertiary/aromatic N) is 2. The Hall–Kier alpha value is -3.15. The van der Waals surface area contributed by atoms with Crippen LogP contribution in [0.2, 0.25) is 0 Å². The molecular formula is C20H21N3O3. The van der Waals surface area contributed by atoms with Gasteiger partial charge in [0.15, 0.2) is 0 Å². The van der Waals surface area contributed by atoms with Crippen molar-refractivity contribution in [1.29, 1.82) is 0 Å². The van der Waals surface area contributed by atoms with Crippen LogP contribution in [0, 0.1) is 0 Å². The number of nitrogens with one attached hydrogen (secondary N) is 1. The molecule has 26 heavy (non-hydrogen) atoms. The van der Waals surface area contributed by atoms with E-state index in [0.717, 1.165) is 28.5 Å². The third kappa shape index (κ3) is 3.91. The standard InChI is InChI=1S/C20H21N3O3/c1-3-10-23-19(24)9-8-18(22-23)20(25)21-13-14-4-5-16-12-17(26-2)7-6-15(16)11-14/h4-9,11-12H,3,10,13H2,1-2H3,(H,21,25). The molecular weight excluding hydrogens is 330 g/mol. The van der Waals surface area contributed by atoms with Gasteiger partial charge in [-0.2, -0.15) is 5.10 Å². The Morgan fingerprint density at radius 2 is 1.88 bits per heavy atom. The second-order valence-corrected chi connectivity index (χ2v) is 6.01. The number of carbonyl (C=O) groups is 1. The number of fused-ring (bicyclic) bond motifs is 1. The summed E-state index contributed by atoms with van der Waals surface area (Å²) in [5, 5.41) is 9.12. The smallest absolute Gasteiger partial charge is 0.271 e. The number of methoxy groups -OCH3 is 1. The van der Waals surface area contributed by atoms with Gasteiger partial charge in [-0.05, 0) is 47.0 Å². The van der Waals surface area contributed by atoms with Crippen molar-refractivity contribution >= 4 is 16.7 Å². The molecule has 0 fully saturated rings. The molecule has 0 spiro atoms. The van der Waals surface area contributed by atoms with E-state index in [1.807, 2.05) is 43.3 Å². The monoisotopic (exact) mass is 351 g/mol. The van der Waals surface area contributed by atoms with Crippen molar-refractivity contribution in [3.05, 3.63) is 70.1 Å². The molecule has 1 aromatic heterocycles. The first kappa shape index (κ1) is 17.7. The predicted molar refractivity (Wildman–Crippen MR) is 100 cm³/mol. The summed E-state index contributed by atoms with van der Waals surface area (Å²) in [5.41, 5.74) is 1.02. The van der Waals surface area contributed by atoms with E-state index in [9.17, 15) is 9.59 Å². The van der Waals surface area contributed by atoms with Crippen molar-refractivity contribution < 1.29 is 9.53 Å². The Labute approximate surface area is 151 Å². The first-order valence-corrected chi connectivity index (χ1v) is 8.54. The molecule has 1 heterocycles. The van der Waals surface area contributed by atoms with Crippen LogP contribution >= 0.6 is 0 Å². The third-order valence-corrected chi connectivity index (χ3v) is 4.10. The van der Waals surface area contributed by atoms with Gasteiger partial charge >= 0.3 is 0 Å². The lowest BCUT2D eigenvalue weighted by Gasteiger charge is -2.08. The van der Waals surface area contributed by atoms with Crippen LogP contribution in [0.1, 0.15) is 29.4 Å². The Morgan fingerprint density at radius 3 is 2.65 bits per heavy atom. The molecule has 3 aromatic rings. The van der Waals surface area contributed by atoms with Crippen LogP contribution in [0.3, 0.4) is 0 Å². The highest BCUT2D eigenvalue weighted by Gasteiger charge is 2.09. The average molecular weight is 351 g/mol. The van der Waals surface area contributed by atoms with Crippen LogP contribution in [0.5, 0.6) is 5.75 Å². The summed E-state index contributed by atoms with van der Waals surface area (Å²) < 4.78 is 6.55. The van der Waals surface area contributed by atoms with Crippen molar-refractivity contribution in [2.45, 2.75) is 26.4 Å². The molecule has 1 amide bonds. The van der Waals surface area contributed by atoms with Gasteiger partial charge in [0.2, 0.25) is 0 Å². The molecule has 1 N–H and O–H groups in total. The highest BCUT2D eigenvalue weighted by atomic mass is 16.5. The van der Waals surface area contributed by atoms with Gasteiger partial charge in [-0.15, -0.1) is 0 Å². The molecule has 0 bridgehead atoms. The van der Waals surface area contributed by atoms with E-state index in [1.165, 1.54) is 16.8 Å². The Kier molecular flexibility index (Phi) is 5.31. The molecule has 0 saturated carbocycles. The summed E-state index contributed by atoms with van der Waals surface area (Å²) in [5.74, 6) is 0.511. The minimum absolute atomic E-state index is 0.201. The lowest BCUT2D eigenvalue weighted by molar-refractivity contribution is 0.0943. The Bertz CT molecular complexity index is 995. The number of aryl methyl sites for hydroxylation is 1. The maximum atomic E-state index is 12.3. The SMILES string of the molecule is CCCn1nc(C(=O)NCc2ccc3cc(OC)ccc3c2)ccc1=O. The van der Waals surface area contributed by atoms with Crippen molar-refractivity contribution in [1.82, 2.24) is 15.1 Å². The van der Waals surface area contributed by atoms with Gasteiger partial charge < -0.3 is 10.1 Å².